The maximum atomic E-state index is 12.0. The Morgan fingerprint density at radius 3 is 2.09 bits per heavy atom. The number of nitrogens with one attached hydrogen (secondary N) is 1. The van der Waals surface area contributed by atoms with Crippen molar-refractivity contribution in [2.75, 3.05) is 19.8 Å². The van der Waals surface area contributed by atoms with Gasteiger partial charge >= 0.3 is 8.80 Å². The molecule has 0 aliphatic heterocycles. The van der Waals surface area contributed by atoms with Crippen LogP contribution in [0.25, 0.3) is 0 Å². The van der Waals surface area contributed by atoms with Crippen LogP contribution in [-0.4, -0.2) is 34.5 Å². The Hall–Kier alpha value is -1.21. The van der Waals surface area contributed by atoms with Gasteiger partial charge in [0.05, 0.1) is 0 Å². The van der Waals surface area contributed by atoms with Crippen molar-refractivity contribution in [3.8, 4) is 0 Å². The molecule has 0 aromatic heterocycles. The van der Waals surface area contributed by atoms with Crippen LogP contribution in [0.4, 0.5) is 0 Å². The molecule has 0 fully saturated rings. The minimum absolute atomic E-state index is 0.0428. The average molecular weight is 340 g/mol. The molecule has 1 aromatic carbocycles. The lowest BCUT2D eigenvalue weighted by Crippen LogP contribution is -2.46. The van der Waals surface area contributed by atoms with Gasteiger partial charge in [0.2, 0.25) is 5.91 Å². The van der Waals surface area contributed by atoms with E-state index in [0.29, 0.717) is 45.3 Å². The molecule has 0 unspecified atom stereocenters. The van der Waals surface area contributed by atoms with Crippen molar-refractivity contribution in [2.24, 2.45) is 0 Å². The van der Waals surface area contributed by atoms with Gasteiger partial charge < -0.3 is 18.6 Å². The quantitative estimate of drug-likeness (QED) is 0.594. The van der Waals surface area contributed by atoms with E-state index in [1.165, 1.54) is 0 Å². The van der Waals surface area contributed by atoms with Crippen LogP contribution in [0.5, 0.6) is 0 Å². The van der Waals surface area contributed by atoms with Crippen molar-refractivity contribution < 1.29 is 18.1 Å². The normalized spacial score (nSPS) is 11.4. The van der Waals surface area contributed by atoms with Gasteiger partial charge in [0.25, 0.3) is 0 Å². The summed E-state index contributed by atoms with van der Waals surface area (Å²) in [5.74, 6) is 0.0428. The highest BCUT2D eigenvalue weighted by Crippen LogP contribution is 2.19. The van der Waals surface area contributed by atoms with E-state index >= 15 is 0 Å². The Kier molecular flexibility index (Phi) is 9.78. The lowest BCUT2D eigenvalue weighted by Gasteiger charge is -2.28. The summed E-state index contributed by atoms with van der Waals surface area (Å²) in [6, 6.07) is 10.6. The molecule has 1 rings (SSSR count). The molecule has 0 saturated carbocycles. The van der Waals surface area contributed by atoms with Gasteiger partial charge in [-0.05, 0) is 32.8 Å². The first-order chi connectivity index (χ1) is 11.2. The highest BCUT2D eigenvalue weighted by Gasteiger charge is 2.39. The number of carbonyl (C=O) groups excluding carboxylic acids is 1. The first-order valence-electron chi connectivity index (χ1n) is 8.38. The minimum Gasteiger partial charge on any atom is -0.374 e. The van der Waals surface area contributed by atoms with Crippen LogP contribution in [0, 0.1) is 0 Å². The Labute approximate surface area is 140 Å². The molecule has 5 nitrogen and oxygen atoms in total. The van der Waals surface area contributed by atoms with Gasteiger partial charge in [0.15, 0.2) is 0 Å². The Morgan fingerprint density at radius 1 is 1.00 bits per heavy atom. The molecule has 0 aliphatic carbocycles. The third-order valence-electron chi connectivity index (χ3n) is 3.31. The van der Waals surface area contributed by atoms with Gasteiger partial charge in [-0.15, -0.1) is 0 Å². The molecule has 1 N–H and O–H groups in total. The van der Waals surface area contributed by atoms with Crippen LogP contribution in [0.15, 0.2) is 30.3 Å². The van der Waals surface area contributed by atoms with E-state index in [0.717, 1.165) is 5.56 Å². The molecule has 130 valence electrons. The fraction of sp³-hybridized carbons (Fsp3) is 0.588. The van der Waals surface area contributed by atoms with Gasteiger partial charge in [0.1, 0.15) is 0 Å². The van der Waals surface area contributed by atoms with Crippen molar-refractivity contribution in [3.05, 3.63) is 35.9 Å². The first-order valence-corrected chi connectivity index (χ1v) is 10.3. The molecule has 0 spiro atoms. The third kappa shape index (κ3) is 7.74. The van der Waals surface area contributed by atoms with Crippen molar-refractivity contribution in [3.63, 3.8) is 0 Å². The predicted octanol–water partition coefficient (Wildman–Crippen LogP) is 3.13. The zero-order valence-corrected chi connectivity index (χ0v) is 15.5. The molecule has 23 heavy (non-hydrogen) atoms. The van der Waals surface area contributed by atoms with Gasteiger partial charge in [0, 0.05) is 38.8 Å². The Morgan fingerprint density at radius 2 is 1.57 bits per heavy atom. The fourth-order valence-corrected chi connectivity index (χ4v) is 4.96. The molecular weight excluding hydrogens is 310 g/mol. The molecule has 0 atom stereocenters. The smallest absolute Gasteiger partial charge is 0.374 e. The summed E-state index contributed by atoms with van der Waals surface area (Å²) in [5.41, 5.74) is 1.10. The van der Waals surface area contributed by atoms with Gasteiger partial charge in [-0.2, -0.15) is 0 Å². The second kappa shape index (κ2) is 11.3. The predicted molar refractivity (Wildman–Crippen MR) is 93.0 cm³/mol. The lowest BCUT2D eigenvalue weighted by atomic mass is 10.2. The van der Waals surface area contributed by atoms with Crippen molar-refractivity contribution >= 4 is 14.7 Å². The van der Waals surface area contributed by atoms with E-state index in [2.05, 4.69) is 5.32 Å². The summed E-state index contributed by atoms with van der Waals surface area (Å²) in [6.45, 7) is 8.06. The second-order valence-electron chi connectivity index (χ2n) is 5.10. The van der Waals surface area contributed by atoms with E-state index in [9.17, 15) is 4.79 Å². The highest BCUT2D eigenvalue weighted by atomic mass is 28.4. The minimum atomic E-state index is -2.63. The summed E-state index contributed by atoms with van der Waals surface area (Å²) >= 11 is 0. The number of carbonyl (C=O) groups is 1. The Bertz CT molecular complexity index is 424. The summed E-state index contributed by atoms with van der Waals surface area (Å²) in [6.07, 6.45) is 1.15. The zero-order valence-electron chi connectivity index (χ0n) is 14.5. The summed E-state index contributed by atoms with van der Waals surface area (Å²) in [5, 5.41) is 2.94. The van der Waals surface area contributed by atoms with E-state index in [1.54, 1.807) is 0 Å². The highest BCUT2D eigenvalue weighted by molar-refractivity contribution is 6.60. The second-order valence-corrected chi connectivity index (χ2v) is 7.83. The fourth-order valence-electron chi connectivity index (χ4n) is 2.35. The van der Waals surface area contributed by atoms with Crippen LogP contribution in [0.3, 0.4) is 0 Å². The summed E-state index contributed by atoms with van der Waals surface area (Å²) < 4.78 is 17.4. The summed E-state index contributed by atoms with van der Waals surface area (Å²) in [7, 11) is -2.63. The van der Waals surface area contributed by atoms with Gasteiger partial charge in [-0.3, -0.25) is 4.79 Å². The van der Waals surface area contributed by atoms with Crippen LogP contribution >= 0.6 is 0 Å². The molecule has 0 bridgehead atoms. The number of amides is 1. The van der Waals surface area contributed by atoms with Gasteiger partial charge in [-0.1, -0.05) is 30.3 Å². The van der Waals surface area contributed by atoms with Crippen LogP contribution in [-0.2, 0) is 24.6 Å². The molecule has 0 heterocycles. The van der Waals surface area contributed by atoms with E-state index in [4.69, 9.17) is 13.3 Å². The molecule has 0 saturated heterocycles. The molecule has 1 aromatic rings. The number of hydrogen-bond donors (Lipinski definition) is 1. The lowest BCUT2D eigenvalue weighted by molar-refractivity contribution is -0.121. The maximum Gasteiger partial charge on any atom is 0.500 e. The SMILES string of the molecule is CCO[Si](CCCC(=O)NCc1ccccc1)(OCC)OCC. The molecule has 1 amide bonds. The monoisotopic (exact) mass is 339 g/mol. The molecule has 0 aliphatic rings. The standard InChI is InChI=1S/C17H29NO4Si/c1-4-20-23(21-5-2,22-6-3)14-10-13-17(19)18-15-16-11-8-7-9-12-16/h7-9,11-12H,4-6,10,13-15H2,1-3H3,(H,18,19). The van der Waals surface area contributed by atoms with Crippen LogP contribution in [0.2, 0.25) is 6.04 Å². The topological polar surface area (TPSA) is 56.8 Å². The number of rotatable bonds is 12. The largest absolute Gasteiger partial charge is 0.500 e. The Balaban J connectivity index is 2.37. The third-order valence-corrected chi connectivity index (χ3v) is 6.46. The van der Waals surface area contributed by atoms with Crippen LogP contribution in [0.1, 0.15) is 39.2 Å². The average Bonchev–Trinajstić information content (AvgIpc) is 2.55. The number of hydrogen-bond acceptors (Lipinski definition) is 4. The van der Waals surface area contributed by atoms with Crippen molar-refractivity contribution in [2.45, 2.75) is 46.2 Å². The maximum absolute atomic E-state index is 12.0. The first kappa shape index (κ1) is 19.8. The molecular formula is C17H29NO4Si. The van der Waals surface area contributed by atoms with Crippen molar-refractivity contribution in [1.29, 1.82) is 0 Å². The number of benzene rings is 1. The van der Waals surface area contributed by atoms with Crippen LogP contribution < -0.4 is 5.32 Å². The van der Waals surface area contributed by atoms with E-state index < -0.39 is 8.80 Å². The van der Waals surface area contributed by atoms with E-state index in [1.807, 2.05) is 51.1 Å². The summed E-state index contributed by atoms with van der Waals surface area (Å²) in [4.78, 5) is 12.0. The molecule has 0 radical (unpaired) electrons. The molecule has 6 heteroatoms. The van der Waals surface area contributed by atoms with Crippen molar-refractivity contribution in [1.82, 2.24) is 5.32 Å². The zero-order chi connectivity index (χ0) is 17.0. The van der Waals surface area contributed by atoms with Gasteiger partial charge in [-0.25, -0.2) is 0 Å². The van der Waals surface area contributed by atoms with E-state index in [-0.39, 0.29) is 5.91 Å².